The van der Waals surface area contributed by atoms with Crippen molar-refractivity contribution in [2.45, 2.75) is 6.42 Å². The third-order valence-corrected chi connectivity index (χ3v) is 3.77. The molecule has 0 spiro atoms. The van der Waals surface area contributed by atoms with E-state index in [0.717, 1.165) is 5.33 Å². The summed E-state index contributed by atoms with van der Waals surface area (Å²) in [5.41, 5.74) is 0.317. The third-order valence-electron chi connectivity index (χ3n) is 2.62. The summed E-state index contributed by atoms with van der Waals surface area (Å²) in [5, 5.41) is 1.09. The first-order valence-electron chi connectivity index (χ1n) is 4.93. The van der Waals surface area contributed by atoms with Crippen molar-refractivity contribution in [2.24, 2.45) is 5.92 Å². The first-order chi connectivity index (χ1) is 7.61. The Balaban J connectivity index is 2.28. The maximum atomic E-state index is 13.6. The van der Waals surface area contributed by atoms with Crippen molar-refractivity contribution in [3.63, 3.8) is 0 Å². The van der Waals surface area contributed by atoms with Crippen molar-refractivity contribution >= 4 is 39.1 Å². The molecule has 1 amide bonds. The van der Waals surface area contributed by atoms with Gasteiger partial charge in [-0.2, -0.15) is 0 Å². The van der Waals surface area contributed by atoms with Crippen LogP contribution in [0.2, 0.25) is 5.02 Å². The van der Waals surface area contributed by atoms with Crippen LogP contribution in [0.4, 0.5) is 10.1 Å². The van der Waals surface area contributed by atoms with Crippen molar-refractivity contribution in [1.29, 1.82) is 0 Å². The lowest BCUT2D eigenvalue weighted by atomic mass is 10.2. The summed E-state index contributed by atoms with van der Waals surface area (Å²) >= 11 is 9.01. The number of hydrogen-bond donors (Lipinski definition) is 0. The average Bonchev–Trinajstić information content (AvgIpc) is 2.60. The van der Waals surface area contributed by atoms with Crippen molar-refractivity contribution in [3.05, 3.63) is 29.0 Å². The molecule has 1 aliphatic rings. The quantitative estimate of drug-likeness (QED) is 0.768. The molecule has 0 aliphatic carbocycles. The molecule has 1 aromatic carbocycles. The fraction of sp³-hybridized carbons (Fsp3) is 0.364. The van der Waals surface area contributed by atoms with Crippen LogP contribution < -0.4 is 4.90 Å². The van der Waals surface area contributed by atoms with Gasteiger partial charge in [-0.1, -0.05) is 27.5 Å². The molecule has 0 radical (unpaired) electrons. The molecule has 5 heteroatoms. The van der Waals surface area contributed by atoms with Gasteiger partial charge < -0.3 is 4.90 Å². The van der Waals surface area contributed by atoms with Gasteiger partial charge in [0.1, 0.15) is 5.82 Å². The van der Waals surface area contributed by atoms with Gasteiger partial charge in [-0.05, 0) is 24.1 Å². The zero-order valence-electron chi connectivity index (χ0n) is 8.42. The number of anilines is 1. The normalized spacial score (nSPS) is 20.6. The number of carbonyl (C=O) groups excluding carboxylic acids is 1. The second-order valence-electron chi connectivity index (χ2n) is 3.82. The summed E-state index contributed by atoms with van der Waals surface area (Å²) in [6, 6.07) is 4.37. The van der Waals surface area contributed by atoms with Crippen LogP contribution in [0.15, 0.2) is 18.2 Å². The van der Waals surface area contributed by atoms with Crippen LogP contribution >= 0.6 is 27.5 Å². The Morgan fingerprint density at radius 3 is 2.88 bits per heavy atom. The van der Waals surface area contributed by atoms with Gasteiger partial charge in [-0.25, -0.2) is 4.39 Å². The first kappa shape index (κ1) is 11.9. The lowest BCUT2D eigenvalue weighted by molar-refractivity contribution is -0.117. The molecule has 2 nitrogen and oxygen atoms in total. The first-order valence-corrected chi connectivity index (χ1v) is 6.43. The summed E-state index contributed by atoms with van der Waals surface area (Å²) in [6.45, 7) is 0.558. The molecule has 0 aromatic heterocycles. The molecule has 0 bridgehead atoms. The van der Waals surface area contributed by atoms with E-state index in [-0.39, 0.29) is 11.8 Å². The molecule has 0 N–H and O–H groups in total. The van der Waals surface area contributed by atoms with Gasteiger partial charge in [0.05, 0.1) is 5.69 Å². The van der Waals surface area contributed by atoms with Crippen molar-refractivity contribution in [2.75, 3.05) is 16.8 Å². The van der Waals surface area contributed by atoms with E-state index in [2.05, 4.69) is 15.9 Å². The molecule has 1 aliphatic heterocycles. The summed E-state index contributed by atoms with van der Waals surface area (Å²) in [4.78, 5) is 13.2. The highest BCUT2D eigenvalue weighted by atomic mass is 79.9. The molecule has 16 heavy (non-hydrogen) atoms. The predicted octanol–water partition coefficient (Wildman–Crippen LogP) is 3.23. The number of benzene rings is 1. The molecule has 1 heterocycles. The van der Waals surface area contributed by atoms with Crippen molar-refractivity contribution in [1.82, 2.24) is 0 Å². The minimum Gasteiger partial charge on any atom is -0.309 e. The monoisotopic (exact) mass is 305 g/mol. The Labute approximate surface area is 107 Å². The number of hydrogen-bond acceptors (Lipinski definition) is 1. The third kappa shape index (κ3) is 2.23. The number of amides is 1. The molecular formula is C11H10BrClFNO. The highest BCUT2D eigenvalue weighted by molar-refractivity contribution is 9.09. The fourth-order valence-electron chi connectivity index (χ4n) is 1.82. The summed E-state index contributed by atoms with van der Waals surface area (Å²) < 4.78 is 13.6. The molecule has 1 aromatic rings. The number of alkyl halides is 1. The molecule has 1 unspecified atom stereocenters. The average molecular weight is 307 g/mol. The molecule has 2 rings (SSSR count). The maximum Gasteiger partial charge on any atom is 0.227 e. The van der Waals surface area contributed by atoms with Gasteiger partial charge in [-0.15, -0.1) is 0 Å². The minimum absolute atomic E-state index is 0.0364. The second-order valence-corrected chi connectivity index (χ2v) is 4.91. The molecule has 1 atom stereocenters. The molecule has 1 saturated heterocycles. The van der Waals surface area contributed by atoms with Gasteiger partial charge in [0.15, 0.2) is 0 Å². The summed E-state index contributed by atoms with van der Waals surface area (Å²) in [7, 11) is 0. The van der Waals surface area contributed by atoms with E-state index < -0.39 is 5.82 Å². The van der Waals surface area contributed by atoms with E-state index in [1.807, 2.05) is 0 Å². The Morgan fingerprint density at radius 1 is 1.56 bits per heavy atom. The Hall–Kier alpha value is -0.610. The van der Waals surface area contributed by atoms with Crippen LogP contribution in [0, 0.1) is 11.7 Å². The Morgan fingerprint density at radius 2 is 2.31 bits per heavy atom. The van der Waals surface area contributed by atoms with E-state index in [9.17, 15) is 9.18 Å². The van der Waals surface area contributed by atoms with E-state index in [4.69, 9.17) is 11.6 Å². The topological polar surface area (TPSA) is 20.3 Å². The Kier molecular flexibility index (Phi) is 3.50. The predicted molar refractivity (Wildman–Crippen MR) is 65.7 cm³/mol. The van der Waals surface area contributed by atoms with Crippen LogP contribution in [0.3, 0.4) is 0 Å². The number of nitrogens with zero attached hydrogens (tertiary/aromatic N) is 1. The second kappa shape index (κ2) is 4.72. The van der Waals surface area contributed by atoms with Gasteiger partial charge in [0.2, 0.25) is 5.91 Å². The van der Waals surface area contributed by atoms with Crippen LogP contribution in [-0.4, -0.2) is 17.8 Å². The number of carbonyl (C=O) groups is 1. The molecule has 0 saturated carbocycles. The van der Waals surface area contributed by atoms with Crippen LogP contribution in [0.5, 0.6) is 0 Å². The van der Waals surface area contributed by atoms with Crippen LogP contribution in [0.1, 0.15) is 6.42 Å². The number of halogens is 3. The highest BCUT2D eigenvalue weighted by Crippen LogP contribution is 2.29. The van der Waals surface area contributed by atoms with E-state index in [0.29, 0.717) is 23.7 Å². The van der Waals surface area contributed by atoms with Gasteiger partial charge in [0.25, 0.3) is 0 Å². The summed E-state index contributed by atoms with van der Waals surface area (Å²) in [6.07, 6.45) is 0.466. The maximum absolute atomic E-state index is 13.6. The summed E-state index contributed by atoms with van der Waals surface area (Å²) in [5.74, 6) is -0.232. The van der Waals surface area contributed by atoms with Crippen molar-refractivity contribution < 1.29 is 9.18 Å². The zero-order chi connectivity index (χ0) is 11.7. The fourth-order valence-corrected chi connectivity index (χ4v) is 2.41. The zero-order valence-corrected chi connectivity index (χ0v) is 10.8. The molecular weight excluding hydrogens is 296 g/mol. The van der Waals surface area contributed by atoms with E-state index in [1.165, 1.54) is 11.0 Å². The van der Waals surface area contributed by atoms with Gasteiger partial charge in [0, 0.05) is 23.3 Å². The highest BCUT2D eigenvalue weighted by Gasteiger charge is 2.31. The molecule has 86 valence electrons. The van der Waals surface area contributed by atoms with Gasteiger partial charge >= 0.3 is 0 Å². The van der Waals surface area contributed by atoms with Crippen molar-refractivity contribution in [3.8, 4) is 0 Å². The van der Waals surface area contributed by atoms with Gasteiger partial charge in [-0.3, -0.25) is 4.79 Å². The smallest absolute Gasteiger partial charge is 0.227 e. The minimum atomic E-state index is -0.448. The standard InChI is InChI=1S/C11H10BrClFNO/c12-5-7-3-11(16)15(6-7)10-2-1-8(13)4-9(10)14/h1-2,4,7H,3,5-6H2. The Bertz CT molecular complexity index is 426. The molecule has 1 fully saturated rings. The van der Waals surface area contributed by atoms with Crippen LogP contribution in [0.25, 0.3) is 0 Å². The SMILES string of the molecule is O=C1CC(CBr)CN1c1ccc(Cl)cc1F. The lowest BCUT2D eigenvalue weighted by Gasteiger charge is -2.17. The number of rotatable bonds is 2. The van der Waals surface area contributed by atoms with Crippen LogP contribution in [-0.2, 0) is 4.79 Å². The van der Waals surface area contributed by atoms with E-state index >= 15 is 0 Å². The lowest BCUT2D eigenvalue weighted by Crippen LogP contribution is -2.25. The largest absolute Gasteiger partial charge is 0.309 e. The van der Waals surface area contributed by atoms with E-state index in [1.54, 1.807) is 12.1 Å².